The van der Waals surface area contributed by atoms with Gasteiger partial charge in [0, 0.05) is 24.8 Å². The summed E-state index contributed by atoms with van der Waals surface area (Å²) in [5, 5.41) is 4.59. The van der Waals surface area contributed by atoms with Crippen LogP contribution in [0.25, 0.3) is 0 Å². The van der Waals surface area contributed by atoms with Gasteiger partial charge in [0.15, 0.2) is 0 Å². The Bertz CT molecular complexity index is 1190. The number of rotatable bonds is 8. The number of hydrogen-bond donors (Lipinski definition) is 0. The third-order valence-corrected chi connectivity index (χ3v) is 6.73. The van der Waals surface area contributed by atoms with Crippen LogP contribution in [0, 0.1) is 6.92 Å². The van der Waals surface area contributed by atoms with Crippen molar-refractivity contribution in [1.82, 2.24) is 9.78 Å². The molecule has 2 aromatic carbocycles. The van der Waals surface area contributed by atoms with Crippen LogP contribution in [0.2, 0.25) is 5.02 Å². The van der Waals surface area contributed by atoms with Crippen molar-refractivity contribution in [3.8, 4) is 11.6 Å². The molecule has 0 N–H and O–H groups in total. The molecule has 1 aliphatic rings. The molecule has 1 aliphatic carbocycles. The van der Waals surface area contributed by atoms with Gasteiger partial charge in [-0.15, -0.1) is 0 Å². The first-order valence-electron chi connectivity index (χ1n) is 10.7. The van der Waals surface area contributed by atoms with Gasteiger partial charge in [0.2, 0.25) is 11.7 Å². The molecule has 4 rings (SSSR count). The van der Waals surface area contributed by atoms with Gasteiger partial charge < -0.3 is 13.1 Å². The minimum Gasteiger partial charge on any atom is -0.377 e. The maximum atomic E-state index is 13.5. The summed E-state index contributed by atoms with van der Waals surface area (Å²) < 4.78 is 30.5. The van der Waals surface area contributed by atoms with E-state index >= 15 is 0 Å². The molecule has 2 unspecified atom stereocenters. The zero-order chi connectivity index (χ0) is 23.5. The van der Waals surface area contributed by atoms with E-state index in [1.54, 1.807) is 25.3 Å². The first-order chi connectivity index (χ1) is 15.9. The maximum absolute atomic E-state index is 13.5. The Morgan fingerprint density at radius 2 is 1.94 bits per heavy atom. The lowest BCUT2D eigenvalue weighted by atomic mass is 9.87. The van der Waals surface area contributed by atoms with E-state index in [4.69, 9.17) is 24.7 Å². The summed E-state index contributed by atoms with van der Waals surface area (Å²) in [5.41, 5.74) is 3.47. The molecule has 7 nitrogen and oxygen atoms in total. The van der Waals surface area contributed by atoms with Crippen molar-refractivity contribution in [2.24, 2.45) is 0 Å². The van der Waals surface area contributed by atoms with Crippen molar-refractivity contribution < 1.29 is 22.1 Å². The summed E-state index contributed by atoms with van der Waals surface area (Å²) in [6, 6.07) is 10.7. The highest BCUT2D eigenvalue weighted by molar-refractivity contribution is 7.75. The summed E-state index contributed by atoms with van der Waals surface area (Å²) in [7, 11) is 1.64. The topological polar surface area (TPSA) is 79.7 Å². The molecule has 9 heteroatoms. The molecular weight excluding hydrogens is 464 g/mol. The number of ketones is 1. The van der Waals surface area contributed by atoms with Crippen molar-refractivity contribution in [2.75, 3.05) is 7.11 Å². The second kappa shape index (κ2) is 10.1. The zero-order valence-electron chi connectivity index (χ0n) is 18.7. The maximum Gasteiger partial charge on any atom is 0.419 e. The zero-order valence-corrected chi connectivity index (χ0v) is 20.2. The van der Waals surface area contributed by atoms with Gasteiger partial charge in [-0.3, -0.25) is 4.79 Å². The lowest BCUT2D eigenvalue weighted by Gasteiger charge is -2.26. The van der Waals surface area contributed by atoms with Gasteiger partial charge in [-0.05, 0) is 56.9 Å². The average Bonchev–Trinajstić information content (AvgIpc) is 3.22. The molecule has 0 radical (unpaired) electrons. The average molecular weight is 489 g/mol. The molecule has 33 heavy (non-hydrogen) atoms. The second-order valence-electron chi connectivity index (χ2n) is 7.81. The Morgan fingerprint density at radius 1 is 1.18 bits per heavy atom. The molecule has 2 atom stereocenters. The number of methoxy groups -OCH3 is 1. The summed E-state index contributed by atoms with van der Waals surface area (Å²) in [5.74, 6) is 0.0769. The van der Waals surface area contributed by atoms with Crippen LogP contribution in [0.1, 0.15) is 58.5 Å². The van der Waals surface area contributed by atoms with Crippen LogP contribution < -0.4 is 8.37 Å². The van der Waals surface area contributed by atoms with Gasteiger partial charge in [-0.25, -0.2) is 4.68 Å². The van der Waals surface area contributed by atoms with Crippen molar-refractivity contribution in [3.63, 3.8) is 0 Å². The van der Waals surface area contributed by atoms with Gasteiger partial charge >= 0.3 is 11.4 Å². The number of halogens is 1. The van der Waals surface area contributed by atoms with E-state index in [1.165, 1.54) is 10.9 Å². The Hall–Kier alpha value is -2.68. The first kappa shape index (κ1) is 23.5. The largest absolute Gasteiger partial charge is 0.419 e. The summed E-state index contributed by atoms with van der Waals surface area (Å²) in [4.78, 5) is 13.5. The number of aryl methyl sites for hydroxylation is 3. The fourth-order valence-corrected chi connectivity index (χ4v) is 4.97. The standard InChI is InChI=1S/C24H25ClN2O5S/c1-4-27-24(32-33(29)31-17-11-8-15(2)9-12-17)19(14-26-27)23(28)18-13-10-16-6-5-7-20(30-3)21(16)22(18)25/h8-14,20H,4-7H2,1-3H3. The van der Waals surface area contributed by atoms with Crippen molar-refractivity contribution in [2.45, 2.75) is 45.8 Å². The number of carbonyl (C=O) groups is 1. The smallest absolute Gasteiger partial charge is 0.377 e. The van der Waals surface area contributed by atoms with E-state index in [9.17, 15) is 9.00 Å². The molecule has 0 amide bonds. The summed E-state index contributed by atoms with van der Waals surface area (Å²) >= 11 is 4.53. The van der Waals surface area contributed by atoms with Crippen LogP contribution in [0.15, 0.2) is 42.6 Å². The van der Waals surface area contributed by atoms with Crippen LogP contribution in [0.5, 0.6) is 11.6 Å². The first-order valence-corrected chi connectivity index (χ1v) is 12.1. The molecule has 0 spiro atoms. The monoisotopic (exact) mass is 488 g/mol. The van der Waals surface area contributed by atoms with E-state index in [0.717, 1.165) is 36.0 Å². The Labute approximate surface area is 200 Å². The molecule has 1 aromatic heterocycles. The van der Waals surface area contributed by atoms with E-state index in [0.29, 0.717) is 22.9 Å². The lowest BCUT2D eigenvalue weighted by Crippen LogP contribution is -2.16. The highest BCUT2D eigenvalue weighted by Gasteiger charge is 2.29. The normalized spacial score (nSPS) is 16.2. The van der Waals surface area contributed by atoms with Crippen LogP contribution in [-0.2, 0) is 29.1 Å². The molecule has 1 heterocycles. The molecule has 0 saturated carbocycles. The van der Waals surface area contributed by atoms with Crippen LogP contribution in [0.3, 0.4) is 0 Å². The van der Waals surface area contributed by atoms with Gasteiger partial charge in [0.25, 0.3) is 0 Å². The number of nitrogens with zero attached hydrogens (tertiary/aromatic N) is 2. The number of benzene rings is 2. The van der Waals surface area contributed by atoms with Crippen molar-refractivity contribution in [3.05, 3.63) is 75.4 Å². The molecule has 0 aliphatic heterocycles. The number of hydrogen-bond acceptors (Lipinski definition) is 6. The molecule has 0 bridgehead atoms. The van der Waals surface area contributed by atoms with Gasteiger partial charge in [0.05, 0.1) is 17.3 Å². The number of carbonyl (C=O) groups excluding carboxylic acids is 1. The van der Waals surface area contributed by atoms with Crippen molar-refractivity contribution >= 4 is 28.7 Å². The summed E-state index contributed by atoms with van der Waals surface area (Å²) in [6.45, 7) is 4.19. The quantitative estimate of drug-likeness (QED) is 0.408. The van der Waals surface area contributed by atoms with Crippen molar-refractivity contribution in [1.29, 1.82) is 0 Å². The molecular formula is C24H25ClN2O5S. The van der Waals surface area contributed by atoms with E-state index < -0.39 is 11.4 Å². The van der Waals surface area contributed by atoms with Crippen LogP contribution in [0.4, 0.5) is 0 Å². The predicted octanol–water partition coefficient (Wildman–Crippen LogP) is 5.16. The molecule has 3 aromatic rings. The molecule has 0 fully saturated rings. The third-order valence-electron chi connectivity index (χ3n) is 5.70. The number of fused-ring (bicyclic) bond motifs is 1. The highest BCUT2D eigenvalue weighted by atomic mass is 35.5. The second-order valence-corrected chi connectivity index (χ2v) is 8.93. The van der Waals surface area contributed by atoms with Gasteiger partial charge in [0.1, 0.15) is 11.3 Å². The summed E-state index contributed by atoms with van der Waals surface area (Å²) in [6.07, 6.45) is 3.98. The Balaban J connectivity index is 1.64. The predicted molar refractivity (Wildman–Crippen MR) is 126 cm³/mol. The van der Waals surface area contributed by atoms with Gasteiger partial charge in [-0.1, -0.05) is 35.4 Å². The lowest BCUT2D eigenvalue weighted by molar-refractivity contribution is 0.0880. The molecule has 0 saturated heterocycles. The van der Waals surface area contributed by atoms with E-state index in [1.807, 2.05) is 32.0 Å². The van der Waals surface area contributed by atoms with E-state index in [2.05, 4.69) is 5.10 Å². The van der Waals surface area contributed by atoms with E-state index in [-0.39, 0.29) is 23.3 Å². The fraction of sp³-hybridized carbons (Fsp3) is 0.333. The number of aromatic nitrogens is 2. The highest BCUT2D eigenvalue weighted by Crippen LogP contribution is 2.39. The number of ether oxygens (including phenoxy) is 1. The van der Waals surface area contributed by atoms with Crippen LogP contribution in [-0.4, -0.2) is 26.9 Å². The fourth-order valence-electron chi connectivity index (χ4n) is 3.97. The Kier molecular flexibility index (Phi) is 7.17. The minimum absolute atomic E-state index is 0.0602. The molecule has 174 valence electrons. The third kappa shape index (κ3) is 4.83. The van der Waals surface area contributed by atoms with Gasteiger partial charge in [-0.2, -0.15) is 9.31 Å². The Morgan fingerprint density at radius 3 is 2.64 bits per heavy atom. The minimum atomic E-state index is -2.18. The SMILES string of the molecule is CCn1ncc(C(=O)c2ccc3c(c2Cl)C(OC)CCC3)c1OS(=O)Oc1ccc(C)cc1. The van der Waals surface area contributed by atoms with Crippen LogP contribution >= 0.6 is 11.6 Å².